The van der Waals surface area contributed by atoms with Crippen LogP contribution in [0.25, 0.3) is 0 Å². The molecule has 1 fully saturated rings. The second-order valence-electron chi connectivity index (χ2n) is 4.93. The van der Waals surface area contributed by atoms with E-state index in [1.807, 2.05) is 11.8 Å². The Hall–Kier alpha value is -0.610. The molecule has 2 N–H and O–H groups in total. The van der Waals surface area contributed by atoms with Gasteiger partial charge in [-0.05, 0) is 19.8 Å². The lowest BCUT2D eigenvalue weighted by molar-refractivity contribution is -0.147. The molecule has 0 bridgehead atoms. The van der Waals surface area contributed by atoms with Crippen molar-refractivity contribution in [2.24, 2.45) is 11.3 Å². The maximum absolute atomic E-state index is 10.9. The number of aliphatic hydroxyl groups excluding tert-OH is 1. The van der Waals surface area contributed by atoms with Crippen molar-refractivity contribution in [1.29, 1.82) is 0 Å². The Balaban J connectivity index is 2.50. The largest absolute Gasteiger partial charge is 0.481 e. The topological polar surface area (TPSA) is 60.8 Å². The lowest BCUT2D eigenvalue weighted by Crippen LogP contribution is -2.38. The van der Waals surface area contributed by atoms with Gasteiger partial charge in [0.25, 0.3) is 0 Å². The first-order chi connectivity index (χ1) is 6.33. The van der Waals surface area contributed by atoms with Gasteiger partial charge in [0.1, 0.15) is 0 Å². The first kappa shape index (κ1) is 11.5. The van der Waals surface area contributed by atoms with Crippen LogP contribution in [0.2, 0.25) is 0 Å². The minimum absolute atomic E-state index is 0.250. The SMILES string of the molecule is CC1CN(CC(C)(C)C(=O)O)CC1O. The number of hydrogen-bond acceptors (Lipinski definition) is 3. The standard InChI is InChI=1S/C10H19NO3/c1-7-4-11(5-8(7)12)6-10(2,3)9(13)14/h7-8,12H,4-6H2,1-3H3,(H,13,14). The van der Waals surface area contributed by atoms with E-state index < -0.39 is 11.4 Å². The number of β-amino-alcohol motifs (C(OH)–C–C–N with tert-alkyl or cyclic N) is 1. The summed E-state index contributed by atoms with van der Waals surface area (Å²) in [6.07, 6.45) is -0.306. The van der Waals surface area contributed by atoms with Crippen LogP contribution in [-0.4, -0.2) is 46.8 Å². The Bertz CT molecular complexity index is 217. The molecule has 4 heteroatoms. The van der Waals surface area contributed by atoms with Gasteiger partial charge in [0, 0.05) is 19.6 Å². The van der Waals surface area contributed by atoms with Gasteiger partial charge in [-0.15, -0.1) is 0 Å². The molecule has 0 aromatic rings. The number of carboxylic acid groups (broad SMARTS) is 1. The molecule has 0 amide bonds. The van der Waals surface area contributed by atoms with Crippen LogP contribution in [0.1, 0.15) is 20.8 Å². The van der Waals surface area contributed by atoms with Crippen LogP contribution in [0.4, 0.5) is 0 Å². The van der Waals surface area contributed by atoms with Gasteiger partial charge in [0.15, 0.2) is 0 Å². The van der Waals surface area contributed by atoms with Gasteiger partial charge in [-0.25, -0.2) is 0 Å². The number of aliphatic hydroxyl groups is 1. The highest BCUT2D eigenvalue weighted by Crippen LogP contribution is 2.23. The molecule has 1 heterocycles. The summed E-state index contributed by atoms with van der Waals surface area (Å²) in [5.74, 6) is -0.536. The van der Waals surface area contributed by atoms with Gasteiger partial charge in [-0.2, -0.15) is 0 Å². The zero-order valence-corrected chi connectivity index (χ0v) is 9.03. The first-order valence-electron chi connectivity index (χ1n) is 4.97. The van der Waals surface area contributed by atoms with Crippen LogP contribution in [0.5, 0.6) is 0 Å². The predicted molar refractivity (Wildman–Crippen MR) is 53.0 cm³/mol. The van der Waals surface area contributed by atoms with Crippen molar-refractivity contribution in [3.05, 3.63) is 0 Å². The van der Waals surface area contributed by atoms with Crippen molar-refractivity contribution in [2.45, 2.75) is 26.9 Å². The molecule has 1 saturated heterocycles. The third-order valence-corrected chi connectivity index (χ3v) is 2.85. The molecule has 4 nitrogen and oxygen atoms in total. The lowest BCUT2D eigenvalue weighted by Gasteiger charge is -2.25. The van der Waals surface area contributed by atoms with E-state index >= 15 is 0 Å². The van der Waals surface area contributed by atoms with Gasteiger partial charge >= 0.3 is 5.97 Å². The molecule has 0 aromatic heterocycles. The van der Waals surface area contributed by atoms with Crippen molar-refractivity contribution >= 4 is 5.97 Å². The average Bonchev–Trinajstić information content (AvgIpc) is 2.29. The molecule has 14 heavy (non-hydrogen) atoms. The molecule has 0 radical (unpaired) electrons. The van der Waals surface area contributed by atoms with Gasteiger partial charge in [-0.3, -0.25) is 9.69 Å². The summed E-state index contributed by atoms with van der Waals surface area (Å²) in [4.78, 5) is 12.9. The highest BCUT2D eigenvalue weighted by Gasteiger charge is 2.35. The molecular formula is C10H19NO3. The summed E-state index contributed by atoms with van der Waals surface area (Å²) in [6.45, 7) is 7.30. The van der Waals surface area contributed by atoms with Crippen molar-refractivity contribution in [3.63, 3.8) is 0 Å². The van der Waals surface area contributed by atoms with Crippen molar-refractivity contribution in [1.82, 2.24) is 4.90 Å². The fourth-order valence-electron chi connectivity index (χ4n) is 1.80. The van der Waals surface area contributed by atoms with E-state index in [0.717, 1.165) is 6.54 Å². The van der Waals surface area contributed by atoms with Gasteiger partial charge in [-0.1, -0.05) is 6.92 Å². The minimum Gasteiger partial charge on any atom is -0.481 e. The highest BCUT2D eigenvalue weighted by molar-refractivity contribution is 5.73. The average molecular weight is 201 g/mol. The van der Waals surface area contributed by atoms with Crippen LogP contribution in [0.15, 0.2) is 0 Å². The fourth-order valence-corrected chi connectivity index (χ4v) is 1.80. The molecule has 0 saturated carbocycles. The van der Waals surface area contributed by atoms with Crippen molar-refractivity contribution in [3.8, 4) is 0 Å². The van der Waals surface area contributed by atoms with Crippen LogP contribution < -0.4 is 0 Å². The van der Waals surface area contributed by atoms with E-state index in [1.54, 1.807) is 13.8 Å². The van der Waals surface area contributed by atoms with Crippen molar-refractivity contribution < 1.29 is 15.0 Å². The monoisotopic (exact) mass is 201 g/mol. The number of likely N-dealkylation sites (tertiary alicyclic amines) is 1. The summed E-state index contributed by atoms with van der Waals surface area (Å²) >= 11 is 0. The number of carbonyl (C=O) groups is 1. The zero-order valence-electron chi connectivity index (χ0n) is 9.03. The molecule has 0 aromatic carbocycles. The Morgan fingerprint density at radius 2 is 2.07 bits per heavy atom. The molecule has 2 atom stereocenters. The van der Waals surface area contributed by atoms with E-state index in [1.165, 1.54) is 0 Å². The first-order valence-corrected chi connectivity index (χ1v) is 4.97. The lowest BCUT2D eigenvalue weighted by atomic mass is 9.93. The minimum atomic E-state index is -0.786. The maximum Gasteiger partial charge on any atom is 0.310 e. The molecule has 0 spiro atoms. The summed E-state index contributed by atoms with van der Waals surface area (Å²) in [5.41, 5.74) is -0.732. The van der Waals surface area contributed by atoms with Crippen LogP contribution in [-0.2, 0) is 4.79 Å². The van der Waals surface area contributed by atoms with Crippen LogP contribution in [0.3, 0.4) is 0 Å². The third kappa shape index (κ3) is 2.45. The molecule has 1 rings (SSSR count). The Morgan fingerprint density at radius 3 is 2.43 bits per heavy atom. The second-order valence-corrected chi connectivity index (χ2v) is 4.93. The second kappa shape index (κ2) is 3.87. The Labute approximate surface area is 84.5 Å². The Morgan fingerprint density at radius 1 is 1.50 bits per heavy atom. The third-order valence-electron chi connectivity index (χ3n) is 2.85. The smallest absolute Gasteiger partial charge is 0.310 e. The van der Waals surface area contributed by atoms with Crippen LogP contribution >= 0.6 is 0 Å². The predicted octanol–water partition coefficient (Wildman–Crippen LogP) is 0.410. The number of carboxylic acids is 1. The number of nitrogens with zero attached hydrogens (tertiary/aromatic N) is 1. The quantitative estimate of drug-likeness (QED) is 0.694. The molecular weight excluding hydrogens is 182 g/mol. The van der Waals surface area contributed by atoms with Gasteiger partial charge < -0.3 is 10.2 Å². The summed E-state index contributed by atoms with van der Waals surface area (Å²) < 4.78 is 0. The molecule has 1 aliphatic heterocycles. The zero-order chi connectivity index (χ0) is 10.9. The summed E-state index contributed by atoms with van der Waals surface area (Å²) in [7, 11) is 0. The maximum atomic E-state index is 10.9. The number of aliphatic carboxylic acids is 1. The van der Waals surface area contributed by atoms with Crippen molar-refractivity contribution in [2.75, 3.05) is 19.6 Å². The molecule has 1 aliphatic rings. The summed E-state index contributed by atoms with van der Waals surface area (Å²) in [6, 6.07) is 0. The normalized spacial score (nSPS) is 29.4. The Kier molecular flexibility index (Phi) is 3.17. The molecule has 0 aliphatic carbocycles. The number of rotatable bonds is 3. The van der Waals surface area contributed by atoms with Crippen LogP contribution in [0, 0.1) is 11.3 Å². The number of hydrogen-bond donors (Lipinski definition) is 2. The molecule has 2 unspecified atom stereocenters. The van der Waals surface area contributed by atoms with E-state index in [9.17, 15) is 9.90 Å². The van der Waals surface area contributed by atoms with E-state index in [0.29, 0.717) is 13.1 Å². The fraction of sp³-hybridized carbons (Fsp3) is 0.900. The van der Waals surface area contributed by atoms with E-state index in [4.69, 9.17) is 5.11 Å². The van der Waals surface area contributed by atoms with E-state index in [-0.39, 0.29) is 12.0 Å². The summed E-state index contributed by atoms with van der Waals surface area (Å²) in [5, 5.41) is 18.5. The highest BCUT2D eigenvalue weighted by atomic mass is 16.4. The van der Waals surface area contributed by atoms with Gasteiger partial charge in [0.2, 0.25) is 0 Å². The van der Waals surface area contributed by atoms with E-state index in [2.05, 4.69) is 0 Å². The molecule has 82 valence electrons. The van der Waals surface area contributed by atoms with Gasteiger partial charge in [0.05, 0.1) is 11.5 Å².